The van der Waals surface area contributed by atoms with Gasteiger partial charge in [0.05, 0.1) is 10.7 Å². The summed E-state index contributed by atoms with van der Waals surface area (Å²) in [6, 6.07) is 7.69. The van der Waals surface area contributed by atoms with Crippen LogP contribution in [0.4, 0.5) is 0 Å². The second-order valence-electron chi connectivity index (χ2n) is 3.23. The number of nitrogens with zero attached hydrogens (tertiary/aromatic N) is 1. The zero-order chi connectivity index (χ0) is 10.8. The molecule has 0 bridgehead atoms. The molecule has 0 aliphatic rings. The quantitative estimate of drug-likeness (QED) is 0.791. The maximum atomic E-state index is 6.14. The summed E-state index contributed by atoms with van der Waals surface area (Å²) in [5, 5.41) is 0.711. The molecular formula is C11H11ClN2S. The van der Waals surface area contributed by atoms with Gasteiger partial charge in [-0.05, 0) is 30.8 Å². The number of imidazole rings is 1. The molecular weight excluding hydrogens is 228 g/mol. The molecule has 1 aromatic carbocycles. The Morgan fingerprint density at radius 2 is 2.13 bits per heavy atom. The van der Waals surface area contributed by atoms with Gasteiger partial charge in [0.2, 0.25) is 0 Å². The lowest BCUT2D eigenvalue weighted by Crippen LogP contribution is -1.99. The summed E-state index contributed by atoms with van der Waals surface area (Å²) in [5.74, 6) is 0. The minimum atomic E-state index is 0.681. The molecule has 0 saturated heterocycles. The number of aryl methyl sites for hydroxylation is 1. The van der Waals surface area contributed by atoms with Crippen molar-refractivity contribution in [1.29, 1.82) is 0 Å². The highest BCUT2D eigenvalue weighted by Gasteiger charge is 2.07. The Morgan fingerprint density at radius 3 is 2.80 bits per heavy atom. The fourth-order valence-corrected chi connectivity index (χ4v) is 2.06. The van der Waals surface area contributed by atoms with E-state index in [1.54, 1.807) is 0 Å². The van der Waals surface area contributed by atoms with Crippen LogP contribution in [0.3, 0.4) is 0 Å². The third kappa shape index (κ3) is 1.85. The van der Waals surface area contributed by atoms with Gasteiger partial charge in [-0.3, -0.25) is 4.57 Å². The molecule has 0 fully saturated rings. The van der Waals surface area contributed by atoms with Crippen molar-refractivity contribution in [3.8, 4) is 5.69 Å². The van der Waals surface area contributed by atoms with Crippen LogP contribution in [0, 0.1) is 4.77 Å². The maximum absolute atomic E-state index is 6.14. The maximum Gasteiger partial charge on any atom is 0.182 e. The van der Waals surface area contributed by atoms with Crippen LogP contribution in [0.5, 0.6) is 0 Å². The number of rotatable bonds is 2. The van der Waals surface area contributed by atoms with Crippen molar-refractivity contribution in [2.45, 2.75) is 13.3 Å². The number of hydrogen-bond acceptors (Lipinski definition) is 1. The molecule has 2 nitrogen and oxygen atoms in total. The number of benzene rings is 1. The van der Waals surface area contributed by atoms with Gasteiger partial charge in [0.1, 0.15) is 0 Å². The molecule has 0 amide bonds. The van der Waals surface area contributed by atoms with E-state index >= 15 is 0 Å². The molecule has 1 heterocycles. The number of halogens is 1. The van der Waals surface area contributed by atoms with Crippen molar-refractivity contribution in [2.75, 3.05) is 0 Å². The van der Waals surface area contributed by atoms with Crippen LogP contribution < -0.4 is 0 Å². The van der Waals surface area contributed by atoms with E-state index < -0.39 is 0 Å². The number of para-hydroxylation sites is 1. The minimum Gasteiger partial charge on any atom is -0.337 e. The first-order valence-electron chi connectivity index (χ1n) is 4.78. The Bertz CT molecular complexity index is 527. The largest absolute Gasteiger partial charge is 0.337 e. The van der Waals surface area contributed by atoms with E-state index in [-0.39, 0.29) is 0 Å². The second-order valence-corrected chi connectivity index (χ2v) is 4.02. The molecule has 78 valence electrons. The summed E-state index contributed by atoms with van der Waals surface area (Å²) in [5.41, 5.74) is 2.07. The fourth-order valence-electron chi connectivity index (χ4n) is 1.56. The third-order valence-corrected chi connectivity index (χ3v) is 2.93. The van der Waals surface area contributed by atoms with E-state index in [2.05, 4.69) is 11.9 Å². The fraction of sp³-hybridized carbons (Fsp3) is 0.182. The summed E-state index contributed by atoms with van der Waals surface area (Å²) >= 11 is 11.4. The first-order chi connectivity index (χ1) is 7.24. The van der Waals surface area contributed by atoms with E-state index in [4.69, 9.17) is 23.8 Å². The smallest absolute Gasteiger partial charge is 0.182 e. The van der Waals surface area contributed by atoms with E-state index in [9.17, 15) is 0 Å². The highest BCUT2D eigenvalue weighted by Crippen LogP contribution is 2.22. The summed E-state index contributed by atoms with van der Waals surface area (Å²) in [7, 11) is 0. The van der Waals surface area contributed by atoms with Crippen molar-refractivity contribution in [3.05, 3.63) is 45.9 Å². The molecule has 0 aliphatic carbocycles. The lowest BCUT2D eigenvalue weighted by Gasteiger charge is -2.08. The van der Waals surface area contributed by atoms with Gasteiger partial charge in [0.25, 0.3) is 0 Å². The predicted molar refractivity (Wildman–Crippen MR) is 65.3 cm³/mol. The van der Waals surface area contributed by atoms with Crippen molar-refractivity contribution in [3.63, 3.8) is 0 Å². The zero-order valence-electron chi connectivity index (χ0n) is 8.33. The molecule has 15 heavy (non-hydrogen) atoms. The van der Waals surface area contributed by atoms with E-state index in [0.717, 1.165) is 17.8 Å². The van der Waals surface area contributed by atoms with Gasteiger partial charge in [-0.25, -0.2) is 0 Å². The second kappa shape index (κ2) is 4.21. The lowest BCUT2D eigenvalue weighted by atomic mass is 10.3. The Hall–Kier alpha value is -1.06. The van der Waals surface area contributed by atoms with Crippen LogP contribution in [0.15, 0.2) is 30.5 Å². The summed E-state index contributed by atoms with van der Waals surface area (Å²) in [6.45, 7) is 2.09. The molecule has 0 unspecified atom stereocenters. The number of nitrogens with one attached hydrogen (secondary N) is 1. The zero-order valence-corrected chi connectivity index (χ0v) is 9.90. The molecule has 0 atom stereocenters. The van der Waals surface area contributed by atoms with Gasteiger partial charge in [-0.2, -0.15) is 0 Å². The minimum absolute atomic E-state index is 0.681. The van der Waals surface area contributed by atoms with Crippen LogP contribution in [-0.2, 0) is 6.42 Å². The molecule has 0 spiro atoms. The van der Waals surface area contributed by atoms with E-state index in [0.29, 0.717) is 9.79 Å². The summed E-state index contributed by atoms with van der Waals surface area (Å²) < 4.78 is 2.65. The van der Waals surface area contributed by atoms with Gasteiger partial charge in [0, 0.05) is 11.9 Å². The topological polar surface area (TPSA) is 20.7 Å². The molecule has 0 saturated carbocycles. The Balaban J connectivity index is 2.68. The molecule has 2 aromatic rings. The van der Waals surface area contributed by atoms with Gasteiger partial charge in [-0.15, -0.1) is 0 Å². The lowest BCUT2D eigenvalue weighted by molar-refractivity contribution is 0.922. The highest BCUT2D eigenvalue weighted by molar-refractivity contribution is 7.71. The van der Waals surface area contributed by atoms with Crippen LogP contribution in [0.2, 0.25) is 5.02 Å². The van der Waals surface area contributed by atoms with E-state index in [1.165, 1.54) is 0 Å². The number of aromatic nitrogens is 2. The average molecular weight is 239 g/mol. The van der Waals surface area contributed by atoms with Crippen molar-refractivity contribution >= 4 is 23.8 Å². The molecule has 1 aromatic heterocycles. The monoisotopic (exact) mass is 238 g/mol. The van der Waals surface area contributed by atoms with Crippen LogP contribution in [0.1, 0.15) is 12.6 Å². The highest BCUT2D eigenvalue weighted by atomic mass is 35.5. The first kappa shape index (κ1) is 10.5. The molecule has 4 heteroatoms. The van der Waals surface area contributed by atoms with Gasteiger partial charge < -0.3 is 4.98 Å². The van der Waals surface area contributed by atoms with Crippen molar-refractivity contribution < 1.29 is 0 Å². The first-order valence-corrected chi connectivity index (χ1v) is 5.57. The standard InChI is InChI=1S/C11H11ClN2S/c1-2-8-7-13-11(15)14(8)10-6-4-3-5-9(10)12/h3-7H,2H2,1H3,(H,13,15). The van der Waals surface area contributed by atoms with Gasteiger partial charge in [0.15, 0.2) is 4.77 Å². The van der Waals surface area contributed by atoms with Gasteiger partial charge >= 0.3 is 0 Å². The number of hydrogen-bond donors (Lipinski definition) is 1. The van der Waals surface area contributed by atoms with Crippen molar-refractivity contribution in [2.24, 2.45) is 0 Å². The van der Waals surface area contributed by atoms with Crippen LogP contribution in [0.25, 0.3) is 5.69 Å². The Labute approximate surface area is 98.5 Å². The molecule has 0 radical (unpaired) electrons. The molecule has 1 N–H and O–H groups in total. The normalized spacial score (nSPS) is 10.5. The Morgan fingerprint density at radius 1 is 1.40 bits per heavy atom. The van der Waals surface area contributed by atoms with Crippen LogP contribution >= 0.6 is 23.8 Å². The molecule has 2 rings (SSSR count). The average Bonchev–Trinajstić information content (AvgIpc) is 2.60. The number of H-pyrrole nitrogens is 1. The molecule has 0 aliphatic heterocycles. The van der Waals surface area contributed by atoms with Crippen molar-refractivity contribution in [1.82, 2.24) is 9.55 Å². The summed E-state index contributed by atoms with van der Waals surface area (Å²) in [4.78, 5) is 3.03. The summed E-state index contributed by atoms with van der Waals surface area (Å²) in [6.07, 6.45) is 2.84. The van der Waals surface area contributed by atoms with Gasteiger partial charge in [-0.1, -0.05) is 30.7 Å². The van der Waals surface area contributed by atoms with E-state index in [1.807, 2.05) is 35.0 Å². The number of aromatic amines is 1. The Kier molecular flexibility index (Phi) is 2.93. The SMILES string of the molecule is CCc1c[nH]c(=S)n1-c1ccccc1Cl. The third-order valence-electron chi connectivity index (χ3n) is 2.31. The van der Waals surface area contributed by atoms with Crippen LogP contribution in [-0.4, -0.2) is 9.55 Å². The predicted octanol–water partition coefficient (Wildman–Crippen LogP) is 3.75.